The Bertz CT molecular complexity index is 770. The molecule has 0 amide bonds. The summed E-state index contributed by atoms with van der Waals surface area (Å²) in [5.41, 5.74) is 0.461. The van der Waals surface area contributed by atoms with E-state index in [1.165, 1.54) is 13.8 Å². The molecule has 1 unspecified atom stereocenters. The Morgan fingerprint density at radius 2 is 1.29 bits per heavy atom. The lowest BCUT2D eigenvalue weighted by molar-refractivity contribution is -0.158. The number of ether oxygens (including phenoxy) is 3. The highest BCUT2D eigenvalue weighted by atomic mass is 16.6. The average Bonchev–Trinajstić information content (AvgIpc) is 2.81. The van der Waals surface area contributed by atoms with Crippen LogP contribution in [0.25, 0.3) is 0 Å². The Labute approximate surface area is 201 Å². The van der Waals surface area contributed by atoms with E-state index in [9.17, 15) is 24.3 Å². The molecule has 8 nitrogen and oxygen atoms in total. The SMILES string of the molecule is C=C(C)C(=O)OCC(CCOC(=O)C1CCC(C2CCC(C(=O)O)CC2)CC1)OC(=O)C(=C)C. The number of carbonyl (C=O) groups excluding carboxylic acids is 3. The van der Waals surface area contributed by atoms with Gasteiger partial charge in [-0.2, -0.15) is 0 Å². The summed E-state index contributed by atoms with van der Waals surface area (Å²) in [5.74, 6) is -1.37. The largest absolute Gasteiger partial charge is 0.481 e. The molecule has 0 aromatic carbocycles. The summed E-state index contributed by atoms with van der Waals surface area (Å²) < 4.78 is 15.8. The van der Waals surface area contributed by atoms with Crippen molar-refractivity contribution in [2.75, 3.05) is 13.2 Å². The van der Waals surface area contributed by atoms with Crippen molar-refractivity contribution >= 4 is 23.9 Å². The van der Waals surface area contributed by atoms with E-state index in [2.05, 4.69) is 13.2 Å². The zero-order valence-electron chi connectivity index (χ0n) is 20.4. The van der Waals surface area contributed by atoms with Crippen molar-refractivity contribution < 1.29 is 38.5 Å². The molecule has 0 radical (unpaired) electrons. The van der Waals surface area contributed by atoms with Crippen LogP contribution in [0.5, 0.6) is 0 Å². The molecule has 8 heteroatoms. The first-order valence-corrected chi connectivity index (χ1v) is 12.2. The van der Waals surface area contributed by atoms with Crippen molar-refractivity contribution in [3.05, 3.63) is 24.3 Å². The lowest BCUT2D eigenvalue weighted by Crippen LogP contribution is -2.31. The molecule has 0 saturated heterocycles. The van der Waals surface area contributed by atoms with Crippen LogP contribution in [0.1, 0.15) is 71.6 Å². The van der Waals surface area contributed by atoms with Crippen LogP contribution >= 0.6 is 0 Å². The molecule has 0 aromatic heterocycles. The van der Waals surface area contributed by atoms with Crippen molar-refractivity contribution in [3.63, 3.8) is 0 Å². The number of rotatable bonds is 11. The van der Waals surface area contributed by atoms with E-state index < -0.39 is 24.0 Å². The molecule has 2 fully saturated rings. The van der Waals surface area contributed by atoms with E-state index in [1.807, 2.05) is 0 Å². The third-order valence-electron chi connectivity index (χ3n) is 6.95. The molecule has 2 aliphatic carbocycles. The number of carboxylic acid groups (broad SMARTS) is 1. The average molecular weight is 479 g/mol. The highest BCUT2D eigenvalue weighted by Gasteiger charge is 2.35. The lowest BCUT2D eigenvalue weighted by Gasteiger charge is -2.36. The van der Waals surface area contributed by atoms with Gasteiger partial charge in [0.2, 0.25) is 0 Å². The Balaban J connectivity index is 1.74. The Morgan fingerprint density at radius 1 is 0.794 bits per heavy atom. The third-order valence-corrected chi connectivity index (χ3v) is 6.95. The van der Waals surface area contributed by atoms with E-state index in [0.29, 0.717) is 11.8 Å². The Morgan fingerprint density at radius 3 is 1.76 bits per heavy atom. The van der Waals surface area contributed by atoms with Gasteiger partial charge in [-0.05, 0) is 77.0 Å². The van der Waals surface area contributed by atoms with E-state index in [4.69, 9.17) is 14.2 Å². The second kappa shape index (κ2) is 13.3. The summed E-state index contributed by atoms with van der Waals surface area (Å²) in [5, 5.41) is 9.17. The molecule has 0 aromatic rings. The minimum Gasteiger partial charge on any atom is -0.481 e. The molecular formula is C26H38O8. The van der Waals surface area contributed by atoms with Crippen LogP contribution in [0.4, 0.5) is 0 Å². The summed E-state index contributed by atoms with van der Waals surface area (Å²) in [7, 11) is 0. The van der Waals surface area contributed by atoms with Gasteiger partial charge in [0.05, 0.1) is 18.4 Å². The van der Waals surface area contributed by atoms with Gasteiger partial charge in [0.25, 0.3) is 0 Å². The summed E-state index contributed by atoms with van der Waals surface area (Å²) in [6, 6.07) is 0. The molecule has 0 heterocycles. The minimum absolute atomic E-state index is 0.0523. The first-order chi connectivity index (χ1) is 16.1. The normalized spacial score (nSPS) is 25.5. The lowest BCUT2D eigenvalue weighted by atomic mass is 9.69. The number of esters is 3. The van der Waals surface area contributed by atoms with E-state index in [1.54, 1.807) is 0 Å². The van der Waals surface area contributed by atoms with Crippen LogP contribution in [0, 0.1) is 23.7 Å². The fourth-order valence-corrected chi connectivity index (χ4v) is 4.79. The summed E-state index contributed by atoms with van der Waals surface area (Å²) in [4.78, 5) is 47.2. The molecule has 1 atom stereocenters. The van der Waals surface area contributed by atoms with Crippen LogP contribution < -0.4 is 0 Å². The monoisotopic (exact) mass is 478 g/mol. The van der Waals surface area contributed by atoms with Crippen molar-refractivity contribution in [3.8, 4) is 0 Å². The fraction of sp³-hybridized carbons (Fsp3) is 0.692. The summed E-state index contributed by atoms with van der Waals surface area (Å²) in [6.07, 6.45) is 6.32. The second-order valence-electron chi connectivity index (χ2n) is 9.70. The van der Waals surface area contributed by atoms with Crippen LogP contribution in [0.3, 0.4) is 0 Å². The molecule has 2 rings (SSSR count). The highest BCUT2D eigenvalue weighted by Crippen LogP contribution is 2.41. The standard InChI is InChI=1S/C26H38O8/c1-16(2)24(29)33-15-22(34-25(30)17(3)4)13-14-32-26(31)21-11-7-19(8-12-21)18-5-9-20(10-6-18)23(27)28/h18-22H,1,3,5-15H2,2,4H3,(H,27,28). The van der Waals surface area contributed by atoms with E-state index in [0.717, 1.165) is 51.4 Å². The Kier molecular flexibility index (Phi) is 10.8. The zero-order chi connectivity index (χ0) is 25.3. The maximum Gasteiger partial charge on any atom is 0.333 e. The fourth-order valence-electron chi connectivity index (χ4n) is 4.79. The number of hydrogen-bond acceptors (Lipinski definition) is 7. The van der Waals surface area contributed by atoms with Gasteiger partial charge < -0.3 is 19.3 Å². The molecule has 1 N–H and O–H groups in total. The van der Waals surface area contributed by atoms with Crippen molar-refractivity contribution in [2.45, 2.75) is 77.7 Å². The van der Waals surface area contributed by atoms with E-state index >= 15 is 0 Å². The van der Waals surface area contributed by atoms with Gasteiger partial charge in [-0.25, -0.2) is 9.59 Å². The summed E-state index contributed by atoms with van der Waals surface area (Å²) >= 11 is 0. The molecule has 190 valence electrons. The van der Waals surface area contributed by atoms with Gasteiger partial charge in [-0.1, -0.05) is 13.2 Å². The number of aliphatic carboxylic acids is 1. The molecule has 2 saturated carbocycles. The zero-order valence-corrected chi connectivity index (χ0v) is 20.4. The molecule has 0 bridgehead atoms. The Hall–Kier alpha value is -2.64. The quantitative estimate of drug-likeness (QED) is 0.266. The third kappa shape index (κ3) is 8.61. The molecule has 34 heavy (non-hydrogen) atoms. The van der Waals surface area contributed by atoms with Gasteiger partial charge in [0.1, 0.15) is 12.7 Å². The first kappa shape index (κ1) is 27.6. The topological polar surface area (TPSA) is 116 Å². The van der Waals surface area contributed by atoms with Gasteiger partial charge in [0, 0.05) is 17.6 Å². The van der Waals surface area contributed by atoms with Crippen LogP contribution in [0.15, 0.2) is 24.3 Å². The van der Waals surface area contributed by atoms with Crippen LogP contribution in [-0.2, 0) is 33.4 Å². The van der Waals surface area contributed by atoms with Gasteiger partial charge in [-0.15, -0.1) is 0 Å². The van der Waals surface area contributed by atoms with Gasteiger partial charge >= 0.3 is 23.9 Å². The molecular weight excluding hydrogens is 440 g/mol. The predicted octanol–water partition coefficient (Wildman–Crippen LogP) is 4.22. The maximum atomic E-state index is 12.6. The molecule has 0 aliphatic heterocycles. The number of carbonyl (C=O) groups is 4. The van der Waals surface area contributed by atoms with Crippen molar-refractivity contribution in [2.24, 2.45) is 23.7 Å². The molecule has 0 spiro atoms. The minimum atomic E-state index is -0.753. The molecule has 2 aliphatic rings. The highest BCUT2D eigenvalue weighted by molar-refractivity contribution is 5.87. The van der Waals surface area contributed by atoms with E-state index in [-0.39, 0.29) is 48.6 Å². The van der Waals surface area contributed by atoms with Gasteiger partial charge in [0.15, 0.2) is 0 Å². The van der Waals surface area contributed by atoms with Crippen LogP contribution in [-0.4, -0.2) is 48.3 Å². The van der Waals surface area contributed by atoms with Gasteiger partial charge in [-0.3, -0.25) is 9.59 Å². The summed E-state index contributed by atoms with van der Waals surface area (Å²) in [6.45, 7) is 10.0. The first-order valence-electron chi connectivity index (χ1n) is 12.2. The number of carboxylic acids is 1. The second-order valence-corrected chi connectivity index (χ2v) is 9.70. The van der Waals surface area contributed by atoms with Crippen molar-refractivity contribution in [1.29, 1.82) is 0 Å². The maximum absolute atomic E-state index is 12.6. The predicted molar refractivity (Wildman–Crippen MR) is 125 cm³/mol. The van der Waals surface area contributed by atoms with Crippen LogP contribution in [0.2, 0.25) is 0 Å². The van der Waals surface area contributed by atoms with Crippen molar-refractivity contribution in [1.82, 2.24) is 0 Å². The smallest absolute Gasteiger partial charge is 0.333 e. The number of hydrogen-bond donors (Lipinski definition) is 1.